The maximum Gasteiger partial charge on any atom is 0.325 e. The third-order valence-corrected chi connectivity index (χ3v) is 4.43. The summed E-state index contributed by atoms with van der Waals surface area (Å²) in [6.45, 7) is 1.96. The average Bonchev–Trinajstić information content (AvgIpc) is 3.07. The zero-order valence-corrected chi connectivity index (χ0v) is 12.7. The van der Waals surface area contributed by atoms with Crippen molar-refractivity contribution in [1.29, 1.82) is 0 Å². The second-order valence-electron chi connectivity index (χ2n) is 5.07. The van der Waals surface area contributed by atoms with Gasteiger partial charge in [0.1, 0.15) is 6.54 Å². The summed E-state index contributed by atoms with van der Waals surface area (Å²) in [5, 5.41) is 2.85. The Morgan fingerprint density at radius 3 is 2.70 bits per heavy atom. The zero-order valence-electron chi connectivity index (χ0n) is 11.9. The van der Waals surface area contributed by atoms with Crippen LogP contribution in [0.2, 0.25) is 0 Å². The number of carbonyl (C=O) groups excluding carboxylic acids is 2. The lowest BCUT2D eigenvalue weighted by Gasteiger charge is -2.27. The van der Waals surface area contributed by atoms with E-state index < -0.39 is 0 Å². The van der Waals surface area contributed by atoms with Gasteiger partial charge in [-0.2, -0.15) is 0 Å². The van der Waals surface area contributed by atoms with Crippen LogP contribution in [-0.4, -0.2) is 41.5 Å². The number of carbonyl (C=O) groups is 2. The Balaban J connectivity index is 2.04. The van der Waals surface area contributed by atoms with Gasteiger partial charge in [-0.05, 0) is 19.8 Å². The third kappa shape index (κ3) is 3.79. The number of hydrogen-bond acceptors (Lipinski definition) is 5. The van der Waals surface area contributed by atoms with Crippen molar-refractivity contribution in [3.63, 3.8) is 0 Å². The van der Waals surface area contributed by atoms with E-state index in [4.69, 9.17) is 4.74 Å². The minimum Gasteiger partial charge on any atom is -0.468 e. The predicted octanol–water partition coefficient (Wildman–Crippen LogP) is 1.94. The molecule has 1 amide bonds. The molecule has 20 heavy (non-hydrogen) atoms. The van der Waals surface area contributed by atoms with Gasteiger partial charge in [0.25, 0.3) is 0 Å². The normalized spacial score (nSPS) is 15.3. The number of aromatic nitrogens is 1. The van der Waals surface area contributed by atoms with Gasteiger partial charge in [0.2, 0.25) is 5.91 Å². The lowest BCUT2D eigenvalue weighted by molar-refractivity contribution is -0.148. The molecule has 110 valence electrons. The molecule has 0 bridgehead atoms. The summed E-state index contributed by atoms with van der Waals surface area (Å²) in [5.74, 6) is -0.396. The number of thiazole rings is 1. The van der Waals surface area contributed by atoms with Crippen molar-refractivity contribution < 1.29 is 14.3 Å². The van der Waals surface area contributed by atoms with Gasteiger partial charge >= 0.3 is 5.97 Å². The van der Waals surface area contributed by atoms with Gasteiger partial charge in [-0.1, -0.05) is 12.8 Å². The molecule has 0 N–H and O–H groups in total. The number of aryl methyl sites for hydroxylation is 1. The molecular formula is C14H20N2O3S. The summed E-state index contributed by atoms with van der Waals surface area (Å²) >= 11 is 1.54. The fraction of sp³-hybridized carbons (Fsp3) is 0.643. The first kappa shape index (κ1) is 15.0. The topological polar surface area (TPSA) is 59.5 Å². The summed E-state index contributed by atoms with van der Waals surface area (Å²) < 4.78 is 4.70. The fourth-order valence-electron chi connectivity index (χ4n) is 2.59. The van der Waals surface area contributed by atoms with Gasteiger partial charge in [0, 0.05) is 11.4 Å². The highest BCUT2D eigenvalue weighted by atomic mass is 32.1. The molecule has 1 aromatic rings. The second-order valence-corrected chi connectivity index (χ2v) is 6.13. The van der Waals surface area contributed by atoms with Crippen LogP contribution in [0.4, 0.5) is 0 Å². The Kier molecular flexibility index (Phi) is 5.11. The smallest absolute Gasteiger partial charge is 0.325 e. The SMILES string of the molecule is COC(=O)CN(C(=O)Cc1csc(C)n1)C1CCCC1. The summed E-state index contributed by atoms with van der Waals surface area (Å²) in [6.07, 6.45) is 4.44. The molecule has 0 radical (unpaired) electrons. The summed E-state index contributed by atoms with van der Waals surface area (Å²) in [4.78, 5) is 29.9. The van der Waals surface area contributed by atoms with E-state index in [2.05, 4.69) is 4.98 Å². The standard InChI is InChI=1S/C14H20N2O3S/c1-10-15-11(9-20-10)7-13(17)16(8-14(18)19-2)12-5-3-4-6-12/h9,12H,3-8H2,1-2H3. The van der Waals surface area contributed by atoms with Crippen LogP contribution in [-0.2, 0) is 20.7 Å². The number of methoxy groups -OCH3 is 1. The molecule has 0 unspecified atom stereocenters. The van der Waals surface area contributed by atoms with Crippen molar-refractivity contribution in [1.82, 2.24) is 9.88 Å². The maximum atomic E-state index is 12.4. The predicted molar refractivity (Wildman–Crippen MR) is 76.5 cm³/mol. The lowest BCUT2D eigenvalue weighted by Crippen LogP contribution is -2.43. The molecule has 0 aliphatic heterocycles. The van der Waals surface area contributed by atoms with Gasteiger partial charge in [0.15, 0.2) is 0 Å². The number of esters is 1. The molecule has 1 aliphatic carbocycles. The minimum absolute atomic E-state index is 0.0346. The zero-order chi connectivity index (χ0) is 14.5. The lowest BCUT2D eigenvalue weighted by atomic mass is 10.2. The fourth-order valence-corrected chi connectivity index (χ4v) is 3.20. The Morgan fingerprint density at radius 1 is 1.45 bits per heavy atom. The van der Waals surface area contributed by atoms with E-state index in [9.17, 15) is 9.59 Å². The monoisotopic (exact) mass is 296 g/mol. The van der Waals surface area contributed by atoms with Crippen LogP contribution in [0.3, 0.4) is 0 Å². The van der Waals surface area contributed by atoms with Crippen LogP contribution in [0.5, 0.6) is 0 Å². The first-order valence-corrected chi connectivity index (χ1v) is 7.75. The Bertz CT molecular complexity index is 481. The van der Waals surface area contributed by atoms with E-state index in [0.29, 0.717) is 0 Å². The number of rotatable bonds is 5. The van der Waals surface area contributed by atoms with Gasteiger partial charge < -0.3 is 9.64 Å². The van der Waals surface area contributed by atoms with Crippen molar-refractivity contribution in [2.45, 2.75) is 45.1 Å². The molecular weight excluding hydrogens is 276 g/mol. The molecule has 0 aromatic carbocycles. The van der Waals surface area contributed by atoms with Gasteiger partial charge in [-0.25, -0.2) is 4.98 Å². The van der Waals surface area contributed by atoms with Crippen molar-refractivity contribution in [3.05, 3.63) is 16.1 Å². The molecule has 2 rings (SSSR count). The second kappa shape index (κ2) is 6.83. The maximum absolute atomic E-state index is 12.4. The molecule has 0 atom stereocenters. The first-order chi connectivity index (χ1) is 9.60. The van der Waals surface area contributed by atoms with E-state index in [1.54, 1.807) is 4.90 Å². The van der Waals surface area contributed by atoms with Crippen LogP contribution in [0, 0.1) is 6.92 Å². The molecule has 0 spiro atoms. The Labute approximate surface area is 122 Å². The van der Waals surface area contributed by atoms with Crippen molar-refractivity contribution in [2.24, 2.45) is 0 Å². The number of nitrogens with zero attached hydrogens (tertiary/aromatic N) is 2. The molecule has 1 fully saturated rings. The molecule has 1 heterocycles. The highest BCUT2D eigenvalue weighted by Crippen LogP contribution is 2.24. The average molecular weight is 296 g/mol. The molecule has 6 heteroatoms. The van der Waals surface area contributed by atoms with E-state index in [1.807, 2.05) is 12.3 Å². The quantitative estimate of drug-likeness (QED) is 0.779. The Morgan fingerprint density at radius 2 is 2.15 bits per heavy atom. The highest BCUT2D eigenvalue weighted by molar-refractivity contribution is 7.09. The van der Waals surface area contributed by atoms with E-state index in [1.165, 1.54) is 18.4 Å². The minimum atomic E-state index is -0.361. The Hall–Kier alpha value is -1.43. The molecule has 0 saturated heterocycles. The van der Waals surface area contributed by atoms with E-state index >= 15 is 0 Å². The molecule has 1 saturated carbocycles. The van der Waals surface area contributed by atoms with E-state index in [-0.39, 0.29) is 30.9 Å². The van der Waals surface area contributed by atoms with Crippen molar-refractivity contribution >= 4 is 23.2 Å². The van der Waals surface area contributed by atoms with Gasteiger partial charge in [0.05, 0.1) is 24.2 Å². The molecule has 1 aliphatic rings. The van der Waals surface area contributed by atoms with E-state index in [0.717, 1.165) is 36.4 Å². The molecule has 1 aromatic heterocycles. The van der Waals surface area contributed by atoms with Crippen LogP contribution in [0.1, 0.15) is 36.4 Å². The van der Waals surface area contributed by atoms with Crippen molar-refractivity contribution in [2.75, 3.05) is 13.7 Å². The van der Waals surface area contributed by atoms with Gasteiger partial charge in [-0.15, -0.1) is 11.3 Å². The molecule has 5 nitrogen and oxygen atoms in total. The number of hydrogen-bond donors (Lipinski definition) is 0. The first-order valence-electron chi connectivity index (χ1n) is 6.87. The summed E-state index contributed by atoms with van der Waals surface area (Å²) in [7, 11) is 1.35. The highest BCUT2D eigenvalue weighted by Gasteiger charge is 2.28. The van der Waals surface area contributed by atoms with Crippen LogP contribution in [0.15, 0.2) is 5.38 Å². The van der Waals surface area contributed by atoms with Crippen molar-refractivity contribution in [3.8, 4) is 0 Å². The van der Waals surface area contributed by atoms with Gasteiger partial charge in [-0.3, -0.25) is 9.59 Å². The third-order valence-electron chi connectivity index (χ3n) is 3.61. The number of amides is 1. The largest absolute Gasteiger partial charge is 0.468 e. The summed E-state index contributed by atoms with van der Waals surface area (Å²) in [5.41, 5.74) is 0.783. The van der Waals surface area contributed by atoms with Crippen LogP contribution < -0.4 is 0 Å². The van der Waals surface area contributed by atoms with Crippen LogP contribution >= 0.6 is 11.3 Å². The van der Waals surface area contributed by atoms with Crippen LogP contribution in [0.25, 0.3) is 0 Å². The number of ether oxygens (including phenoxy) is 1. The summed E-state index contributed by atoms with van der Waals surface area (Å²) in [6, 6.07) is 0.168.